The molecule has 0 amide bonds. The molecule has 42 heavy (non-hydrogen) atoms. The van der Waals surface area contributed by atoms with E-state index < -0.39 is 11.9 Å². The lowest BCUT2D eigenvalue weighted by molar-refractivity contribution is -0.128. The molecule has 0 aliphatic rings. The second-order valence-corrected chi connectivity index (χ2v) is 9.78. The van der Waals surface area contributed by atoms with Gasteiger partial charge in [-0.3, -0.25) is 0 Å². The van der Waals surface area contributed by atoms with Crippen molar-refractivity contribution in [2.75, 3.05) is 31.3 Å². The van der Waals surface area contributed by atoms with E-state index in [9.17, 15) is 9.59 Å². The Morgan fingerprint density at radius 1 is 0.690 bits per heavy atom. The van der Waals surface area contributed by atoms with Crippen LogP contribution in [0.5, 0.6) is 17.2 Å². The van der Waals surface area contributed by atoms with E-state index in [1.807, 2.05) is 42.5 Å². The highest BCUT2D eigenvalue weighted by atomic mass is 16.5. The first kappa shape index (κ1) is 30.0. The molecule has 4 rings (SSSR count). The largest absolute Gasteiger partial charge is 0.494 e. The number of carbonyl (C=O) groups excluding carboxylic acids is 2. The zero-order valence-electron chi connectivity index (χ0n) is 23.7. The van der Waals surface area contributed by atoms with Crippen molar-refractivity contribution < 1.29 is 28.5 Å². The lowest BCUT2D eigenvalue weighted by Gasteiger charge is -2.08. The first-order valence-electron chi connectivity index (χ1n) is 14.0. The van der Waals surface area contributed by atoms with Gasteiger partial charge in [0.1, 0.15) is 17.2 Å². The highest BCUT2D eigenvalue weighted by Gasteiger charge is 2.09. The Morgan fingerprint density at radius 3 is 2.02 bits per heavy atom. The number of fused-ring (bicyclic) bond motifs is 1. The molecule has 0 saturated heterocycles. The molecule has 0 aromatic heterocycles. The van der Waals surface area contributed by atoms with Crippen LogP contribution in [0.1, 0.15) is 48.5 Å². The maximum atomic E-state index is 12.4. The third-order valence-electron chi connectivity index (χ3n) is 6.31. The van der Waals surface area contributed by atoms with E-state index in [0.29, 0.717) is 48.1 Å². The van der Waals surface area contributed by atoms with Gasteiger partial charge in [-0.1, -0.05) is 44.0 Å². The zero-order chi connectivity index (χ0) is 29.7. The van der Waals surface area contributed by atoms with E-state index in [-0.39, 0.29) is 6.61 Å². The second-order valence-electron chi connectivity index (χ2n) is 9.78. The normalized spacial score (nSPS) is 11.0. The number of nitrogens with two attached hydrogens (primary N) is 2. The summed E-state index contributed by atoms with van der Waals surface area (Å²) >= 11 is 0. The highest BCUT2D eigenvalue weighted by Crippen LogP contribution is 2.25. The lowest BCUT2D eigenvalue weighted by Crippen LogP contribution is -2.10. The van der Waals surface area contributed by atoms with Crippen LogP contribution in [-0.2, 0) is 9.53 Å². The van der Waals surface area contributed by atoms with Crippen molar-refractivity contribution in [3.05, 3.63) is 96.1 Å². The van der Waals surface area contributed by atoms with Crippen LogP contribution < -0.4 is 25.7 Å². The average Bonchev–Trinajstić information content (AvgIpc) is 2.98. The number of anilines is 2. The van der Waals surface area contributed by atoms with Gasteiger partial charge in [0, 0.05) is 23.9 Å². The number of ether oxygens (including phenoxy) is 4. The molecule has 8 nitrogen and oxygen atoms in total. The van der Waals surface area contributed by atoms with Crippen molar-refractivity contribution in [2.24, 2.45) is 0 Å². The van der Waals surface area contributed by atoms with Gasteiger partial charge in [-0.15, -0.1) is 0 Å². The summed E-state index contributed by atoms with van der Waals surface area (Å²) in [5, 5.41) is 1.98. The summed E-state index contributed by atoms with van der Waals surface area (Å²) in [4.78, 5) is 24.5. The summed E-state index contributed by atoms with van der Waals surface area (Å²) < 4.78 is 22.3. The molecule has 0 aliphatic carbocycles. The predicted molar refractivity (Wildman–Crippen MR) is 166 cm³/mol. The highest BCUT2D eigenvalue weighted by molar-refractivity contribution is 5.92. The molecule has 4 aromatic carbocycles. The number of hydrogen-bond acceptors (Lipinski definition) is 8. The van der Waals surface area contributed by atoms with Gasteiger partial charge >= 0.3 is 11.9 Å². The predicted octanol–water partition coefficient (Wildman–Crippen LogP) is 6.82. The van der Waals surface area contributed by atoms with E-state index in [1.165, 1.54) is 18.2 Å². The number of hydrogen-bond donors (Lipinski definition) is 2. The van der Waals surface area contributed by atoms with Gasteiger partial charge in [0.15, 0.2) is 0 Å². The molecule has 4 aromatic rings. The number of benzene rings is 4. The molecule has 8 heteroatoms. The molecule has 0 radical (unpaired) electrons. The fourth-order valence-electron chi connectivity index (χ4n) is 4.18. The molecule has 0 bridgehead atoms. The molecular formula is C34H36N2O6. The van der Waals surface area contributed by atoms with Crippen LogP contribution >= 0.6 is 0 Å². The molecule has 0 spiro atoms. The monoisotopic (exact) mass is 568 g/mol. The van der Waals surface area contributed by atoms with Crippen LogP contribution in [0.15, 0.2) is 84.9 Å². The van der Waals surface area contributed by atoms with Crippen molar-refractivity contribution in [2.45, 2.75) is 32.6 Å². The summed E-state index contributed by atoms with van der Waals surface area (Å²) in [6.07, 6.45) is 6.93. The summed E-state index contributed by atoms with van der Waals surface area (Å²) in [6, 6.07) is 23.3. The Balaban J connectivity index is 1.18. The number of unbranched alkanes of at least 4 members (excludes halogenated alkanes) is 2. The van der Waals surface area contributed by atoms with Gasteiger partial charge in [-0.05, 0) is 83.4 Å². The van der Waals surface area contributed by atoms with Crippen LogP contribution in [0.4, 0.5) is 11.4 Å². The molecule has 218 valence electrons. The van der Waals surface area contributed by atoms with E-state index in [2.05, 4.69) is 6.92 Å². The molecule has 0 heterocycles. The molecule has 4 N–H and O–H groups in total. The van der Waals surface area contributed by atoms with Crippen LogP contribution in [0, 0.1) is 0 Å². The van der Waals surface area contributed by atoms with Gasteiger partial charge in [0.2, 0.25) is 0 Å². The Labute approximate surface area is 245 Å². The van der Waals surface area contributed by atoms with Crippen molar-refractivity contribution >= 4 is 40.2 Å². The van der Waals surface area contributed by atoms with Crippen molar-refractivity contribution in [1.82, 2.24) is 0 Å². The summed E-state index contributed by atoms with van der Waals surface area (Å²) in [6.45, 7) is 3.44. The van der Waals surface area contributed by atoms with Crippen molar-refractivity contribution in [3.63, 3.8) is 0 Å². The molecule has 0 unspecified atom stereocenters. The number of esters is 2. The third-order valence-corrected chi connectivity index (χ3v) is 6.31. The number of carbonyl (C=O) groups is 2. The van der Waals surface area contributed by atoms with Crippen LogP contribution in [0.3, 0.4) is 0 Å². The fourth-order valence-corrected chi connectivity index (χ4v) is 4.18. The van der Waals surface area contributed by atoms with Gasteiger partial charge in [-0.25, -0.2) is 9.59 Å². The Bertz CT molecular complexity index is 1510. The molecule has 0 saturated carbocycles. The summed E-state index contributed by atoms with van der Waals surface area (Å²) in [7, 11) is 0. The smallest absolute Gasteiger partial charge is 0.338 e. The molecular weight excluding hydrogens is 532 g/mol. The number of rotatable bonds is 14. The molecule has 0 fully saturated rings. The van der Waals surface area contributed by atoms with Gasteiger partial charge in [0.25, 0.3) is 0 Å². The number of nitrogen functional groups attached to an aromatic ring is 2. The maximum absolute atomic E-state index is 12.4. The molecule has 0 aliphatic heterocycles. The van der Waals surface area contributed by atoms with Crippen LogP contribution in [0.2, 0.25) is 0 Å². The van der Waals surface area contributed by atoms with Gasteiger partial charge in [-0.2, -0.15) is 0 Å². The minimum Gasteiger partial charge on any atom is -0.494 e. The van der Waals surface area contributed by atoms with Gasteiger partial charge in [0.05, 0.1) is 25.4 Å². The van der Waals surface area contributed by atoms with E-state index in [4.69, 9.17) is 30.4 Å². The quantitative estimate of drug-likeness (QED) is 0.0559. The second kappa shape index (κ2) is 15.1. The average molecular weight is 569 g/mol. The fraction of sp³-hybridized carbons (Fsp3) is 0.235. The molecule has 0 atom stereocenters. The van der Waals surface area contributed by atoms with Crippen LogP contribution in [-0.4, -0.2) is 31.8 Å². The Kier molecular flexibility index (Phi) is 10.8. The van der Waals surface area contributed by atoms with Crippen molar-refractivity contribution in [1.29, 1.82) is 0 Å². The first-order valence-corrected chi connectivity index (χ1v) is 14.0. The summed E-state index contributed by atoms with van der Waals surface area (Å²) in [5.41, 5.74) is 13.4. The Hall–Kier alpha value is -4.98. The van der Waals surface area contributed by atoms with E-state index >= 15 is 0 Å². The first-order chi connectivity index (χ1) is 20.4. The van der Waals surface area contributed by atoms with Crippen LogP contribution in [0.25, 0.3) is 16.8 Å². The Morgan fingerprint density at radius 2 is 1.31 bits per heavy atom. The lowest BCUT2D eigenvalue weighted by atomic mass is 10.1. The minimum absolute atomic E-state index is 0.197. The zero-order valence-corrected chi connectivity index (χ0v) is 23.7. The topological polar surface area (TPSA) is 123 Å². The SMILES string of the molecule is CCCCCOc1ccc2cc(OC(=O)/C=C/c3ccc(OCCCOC(=O)c4cc(N)cc(N)c4)cc3)ccc2c1. The third kappa shape index (κ3) is 9.30. The summed E-state index contributed by atoms with van der Waals surface area (Å²) in [5.74, 6) is 1.02. The van der Waals surface area contributed by atoms with E-state index in [1.54, 1.807) is 30.3 Å². The minimum atomic E-state index is -0.485. The van der Waals surface area contributed by atoms with Gasteiger partial charge < -0.3 is 30.4 Å². The van der Waals surface area contributed by atoms with E-state index in [0.717, 1.165) is 41.3 Å². The maximum Gasteiger partial charge on any atom is 0.338 e. The standard InChI is InChI=1S/C34H36N2O6/c1-2-3-4-16-40-31-13-9-26-22-32(14-10-25(26)21-31)42-33(37)15-8-24-6-11-30(12-7-24)39-17-5-18-41-34(38)27-19-28(35)23-29(36)20-27/h6-15,19-23H,2-5,16-18,35-36H2,1H3/b15-8+. The van der Waals surface area contributed by atoms with Crippen molar-refractivity contribution in [3.8, 4) is 17.2 Å².